The first-order chi connectivity index (χ1) is 8.70. The third-order valence-corrected chi connectivity index (χ3v) is 3.04. The first-order valence-corrected chi connectivity index (χ1v) is 5.96. The fraction of sp³-hybridized carbons (Fsp3) is 0.462. The van der Waals surface area contributed by atoms with Crippen molar-refractivity contribution in [2.75, 3.05) is 33.4 Å². The molecule has 1 aromatic rings. The first kappa shape index (κ1) is 12.9. The predicted octanol–water partition coefficient (Wildman–Crippen LogP) is 0.554. The van der Waals surface area contributed by atoms with Gasteiger partial charge in [0.1, 0.15) is 12.4 Å². The van der Waals surface area contributed by atoms with Crippen LogP contribution in [0.25, 0.3) is 0 Å². The minimum absolute atomic E-state index is 0.00483. The Morgan fingerprint density at radius 3 is 2.78 bits per heavy atom. The van der Waals surface area contributed by atoms with Crippen LogP contribution in [0.5, 0.6) is 5.75 Å². The Morgan fingerprint density at radius 2 is 2.17 bits per heavy atom. The number of ether oxygens (including phenoxy) is 2. The van der Waals surface area contributed by atoms with Gasteiger partial charge in [-0.15, -0.1) is 0 Å². The number of carbonyl (C=O) groups excluding carboxylic acids is 1. The van der Waals surface area contributed by atoms with Gasteiger partial charge < -0.3 is 20.1 Å². The van der Waals surface area contributed by atoms with Crippen molar-refractivity contribution in [3.63, 3.8) is 0 Å². The molecule has 0 bridgehead atoms. The molecule has 1 aliphatic rings. The molecule has 1 fully saturated rings. The van der Waals surface area contributed by atoms with E-state index < -0.39 is 0 Å². The number of morpholine rings is 1. The largest absolute Gasteiger partial charge is 0.497 e. The number of hydrogen-bond acceptors (Lipinski definition) is 4. The van der Waals surface area contributed by atoms with E-state index in [1.165, 1.54) is 0 Å². The monoisotopic (exact) mass is 250 g/mol. The van der Waals surface area contributed by atoms with Crippen molar-refractivity contribution >= 4 is 5.91 Å². The second-order valence-corrected chi connectivity index (χ2v) is 4.27. The molecule has 1 atom stereocenters. The molecule has 5 heteroatoms. The number of hydrogen-bond donors (Lipinski definition) is 1. The van der Waals surface area contributed by atoms with E-state index >= 15 is 0 Å². The SMILES string of the molecule is COc1ccc(C(N)CN2CCOCC2=O)cc1. The van der Waals surface area contributed by atoms with Crippen LogP contribution in [0, 0.1) is 0 Å². The standard InChI is InChI=1S/C13H18N2O3/c1-17-11-4-2-10(3-5-11)12(14)8-15-6-7-18-9-13(15)16/h2-5,12H,6-9,14H2,1H3. The maximum absolute atomic E-state index is 11.6. The Morgan fingerprint density at radius 1 is 1.44 bits per heavy atom. The highest BCUT2D eigenvalue weighted by atomic mass is 16.5. The van der Waals surface area contributed by atoms with E-state index in [0.29, 0.717) is 19.7 Å². The van der Waals surface area contributed by atoms with Crippen LogP contribution in [-0.2, 0) is 9.53 Å². The summed E-state index contributed by atoms with van der Waals surface area (Å²) in [6.07, 6.45) is 0. The molecule has 5 nitrogen and oxygen atoms in total. The smallest absolute Gasteiger partial charge is 0.248 e. The molecular formula is C13H18N2O3. The molecule has 1 saturated heterocycles. The fourth-order valence-electron chi connectivity index (χ4n) is 1.94. The lowest BCUT2D eigenvalue weighted by Gasteiger charge is -2.29. The zero-order valence-corrected chi connectivity index (χ0v) is 10.5. The summed E-state index contributed by atoms with van der Waals surface area (Å²) < 4.78 is 10.2. The van der Waals surface area contributed by atoms with Gasteiger partial charge in [-0.3, -0.25) is 4.79 Å². The minimum Gasteiger partial charge on any atom is -0.497 e. The summed E-state index contributed by atoms with van der Waals surface area (Å²) >= 11 is 0. The van der Waals surface area contributed by atoms with Gasteiger partial charge in [-0.05, 0) is 17.7 Å². The summed E-state index contributed by atoms with van der Waals surface area (Å²) in [6.45, 7) is 1.88. The number of nitrogens with zero attached hydrogens (tertiary/aromatic N) is 1. The molecule has 0 aromatic heterocycles. The molecule has 0 spiro atoms. The van der Waals surface area contributed by atoms with Gasteiger partial charge in [-0.2, -0.15) is 0 Å². The van der Waals surface area contributed by atoms with Crippen molar-refractivity contribution in [3.05, 3.63) is 29.8 Å². The highest BCUT2D eigenvalue weighted by molar-refractivity contribution is 5.78. The number of methoxy groups -OCH3 is 1. The maximum Gasteiger partial charge on any atom is 0.248 e. The Labute approximate surface area is 106 Å². The van der Waals surface area contributed by atoms with Crippen LogP contribution in [0.4, 0.5) is 0 Å². The van der Waals surface area contributed by atoms with E-state index in [1.54, 1.807) is 12.0 Å². The quantitative estimate of drug-likeness (QED) is 0.847. The Bertz CT molecular complexity index is 405. The van der Waals surface area contributed by atoms with Gasteiger partial charge >= 0.3 is 0 Å². The molecule has 2 N–H and O–H groups in total. The zero-order valence-electron chi connectivity index (χ0n) is 10.5. The van der Waals surface area contributed by atoms with Crippen molar-refractivity contribution in [1.29, 1.82) is 0 Å². The third-order valence-electron chi connectivity index (χ3n) is 3.04. The molecule has 18 heavy (non-hydrogen) atoms. The summed E-state index contributed by atoms with van der Waals surface area (Å²) in [4.78, 5) is 13.3. The van der Waals surface area contributed by atoms with Crippen LogP contribution >= 0.6 is 0 Å². The lowest BCUT2D eigenvalue weighted by atomic mass is 10.1. The Kier molecular flexibility index (Phi) is 4.17. The minimum atomic E-state index is -0.182. The summed E-state index contributed by atoms with van der Waals surface area (Å²) in [7, 11) is 1.63. The normalized spacial score (nSPS) is 17.7. The fourth-order valence-corrected chi connectivity index (χ4v) is 1.94. The molecule has 0 radical (unpaired) electrons. The summed E-state index contributed by atoms with van der Waals surface area (Å²) in [6, 6.07) is 7.41. The molecule has 1 heterocycles. The molecule has 1 aromatic carbocycles. The summed E-state index contributed by atoms with van der Waals surface area (Å²) in [5.41, 5.74) is 7.10. The number of nitrogens with two attached hydrogens (primary N) is 1. The Hall–Kier alpha value is -1.59. The van der Waals surface area contributed by atoms with Gasteiger partial charge in [0.2, 0.25) is 5.91 Å². The van der Waals surface area contributed by atoms with Gasteiger partial charge in [-0.1, -0.05) is 12.1 Å². The third kappa shape index (κ3) is 3.00. The molecule has 2 rings (SSSR count). The van der Waals surface area contributed by atoms with Crippen molar-refractivity contribution in [2.24, 2.45) is 5.73 Å². The van der Waals surface area contributed by atoms with Gasteiger partial charge in [0.05, 0.1) is 13.7 Å². The van der Waals surface area contributed by atoms with E-state index in [1.807, 2.05) is 24.3 Å². The highest BCUT2D eigenvalue weighted by Gasteiger charge is 2.21. The van der Waals surface area contributed by atoms with Crippen LogP contribution < -0.4 is 10.5 Å². The van der Waals surface area contributed by atoms with E-state index in [2.05, 4.69) is 0 Å². The van der Waals surface area contributed by atoms with E-state index in [4.69, 9.17) is 15.2 Å². The van der Waals surface area contributed by atoms with Gasteiger partial charge in [0, 0.05) is 19.1 Å². The van der Waals surface area contributed by atoms with E-state index in [9.17, 15) is 4.79 Å². The molecule has 0 aliphatic carbocycles. The summed E-state index contributed by atoms with van der Waals surface area (Å²) in [5.74, 6) is 0.804. The summed E-state index contributed by atoms with van der Waals surface area (Å²) in [5, 5.41) is 0. The molecule has 98 valence electrons. The van der Waals surface area contributed by atoms with E-state index in [-0.39, 0.29) is 18.6 Å². The van der Waals surface area contributed by atoms with E-state index in [0.717, 1.165) is 11.3 Å². The van der Waals surface area contributed by atoms with Crippen molar-refractivity contribution < 1.29 is 14.3 Å². The maximum atomic E-state index is 11.6. The second kappa shape index (κ2) is 5.84. The van der Waals surface area contributed by atoms with Crippen molar-refractivity contribution in [2.45, 2.75) is 6.04 Å². The lowest BCUT2D eigenvalue weighted by Crippen LogP contribution is -2.44. The number of benzene rings is 1. The lowest BCUT2D eigenvalue weighted by molar-refractivity contribution is -0.142. The molecule has 1 aliphatic heterocycles. The molecule has 1 amide bonds. The number of rotatable bonds is 4. The van der Waals surface area contributed by atoms with Gasteiger partial charge in [0.15, 0.2) is 0 Å². The van der Waals surface area contributed by atoms with Gasteiger partial charge in [0.25, 0.3) is 0 Å². The number of carbonyl (C=O) groups is 1. The van der Waals surface area contributed by atoms with Crippen molar-refractivity contribution in [3.8, 4) is 5.75 Å². The number of amides is 1. The molecule has 0 saturated carbocycles. The molecular weight excluding hydrogens is 232 g/mol. The highest BCUT2D eigenvalue weighted by Crippen LogP contribution is 2.17. The molecule has 1 unspecified atom stereocenters. The average Bonchev–Trinajstić information content (AvgIpc) is 2.41. The van der Waals surface area contributed by atoms with Crippen LogP contribution in [0.3, 0.4) is 0 Å². The van der Waals surface area contributed by atoms with Crippen LogP contribution in [0.15, 0.2) is 24.3 Å². The predicted molar refractivity (Wildman–Crippen MR) is 67.3 cm³/mol. The van der Waals surface area contributed by atoms with Crippen LogP contribution in [-0.4, -0.2) is 44.2 Å². The topological polar surface area (TPSA) is 64.8 Å². The first-order valence-electron chi connectivity index (χ1n) is 5.96. The van der Waals surface area contributed by atoms with Gasteiger partial charge in [-0.25, -0.2) is 0 Å². The second-order valence-electron chi connectivity index (χ2n) is 4.27. The average molecular weight is 250 g/mol. The zero-order chi connectivity index (χ0) is 13.0. The van der Waals surface area contributed by atoms with Crippen LogP contribution in [0.2, 0.25) is 0 Å². The van der Waals surface area contributed by atoms with Crippen LogP contribution in [0.1, 0.15) is 11.6 Å². The van der Waals surface area contributed by atoms with Crippen molar-refractivity contribution in [1.82, 2.24) is 4.90 Å². The Balaban J connectivity index is 1.97.